The van der Waals surface area contributed by atoms with Crippen LogP contribution < -0.4 is 4.74 Å². The van der Waals surface area contributed by atoms with Crippen LogP contribution in [0, 0.1) is 0 Å². The van der Waals surface area contributed by atoms with Gasteiger partial charge in [-0.3, -0.25) is 0 Å². The zero-order valence-corrected chi connectivity index (χ0v) is 7.69. The molecule has 6 nitrogen and oxygen atoms in total. The Morgan fingerprint density at radius 1 is 1.75 bits per heavy atom. The molecule has 0 unspecified atom stereocenters. The average molecular weight is 230 g/mol. The Labute approximate surface area is 76.4 Å². The van der Waals surface area contributed by atoms with Crippen LogP contribution in [0.4, 0.5) is 5.95 Å². The quantitative estimate of drug-likeness (QED) is 0.443. The van der Waals surface area contributed by atoms with Crippen molar-refractivity contribution in [3.8, 4) is 5.88 Å². The number of nitrogens with zero attached hydrogens (tertiary/aromatic N) is 5. The molecule has 0 radical (unpaired) electrons. The summed E-state index contributed by atoms with van der Waals surface area (Å²) in [6.45, 7) is 0. The molecule has 1 aromatic rings. The molecular formula is C5H4BrN5O. The predicted octanol–water partition coefficient (Wildman–Crippen LogP) is 2.19. The molecule has 0 atom stereocenters. The Hall–Kier alpha value is -1.33. The van der Waals surface area contributed by atoms with Gasteiger partial charge in [-0.05, 0) is 26.6 Å². The fourth-order valence-corrected chi connectivity index (χ4v) is 0.927. The number of rotatable bonds is 2. The van der Waals surface area contributed by atoms with Crippen molar-refractivity contribution in [2.45, 2.75) is 0 Å². The van der Waals surface area contributed by atoms with E-state index >= 15 is 0 Å². The minimum atomic E-state index is 0.0394. The topological polar surface area (TPSA) is 83.8 Å². The number of aromatic nitrogens is 2. The van der Waals surface area contributed by atoms with Crippen molar-refractivity contribution in [2.24, 2.45) is 5.11 Å². The van der Waals surface area contributed by atoms with E-state index in [1.807, 2.05) is 0 Å². The number of methoxy groups -OCH3 is 1. The van der Waals surface area contributed by atoms with Gasteiger partial charge in [0.15, 0.2) is 0 Å². The summed E-state index contributed by atoms with van der Waals surface area (Å²) < 4.78 is 5.46. The third-order valence-electron chi connectivity index (χ3n) is 1.03. The van der Waals surface area contributed by atoms with Crippen LogP contribution >= 0.6 is 15.9 Å². The number of hydrogen-bond acceptors (Lipinski definition) is 4. The van der Waals surface area contributed by atoms with E-state index in [4.69, 9.17) is 10.3 Å². The Morgan fingerprint density at radius 2 is 2.50 bits per heavy atom. The summed E-state index contributed by atoms with van der Waals surface area (Å²) in [6, 6.07) is 0. The summed E-state index contributed by atoms with van der Waals surface area (Å²) in [6.07, 6.45) is 1.45. The molecule has 0 N–H and O–H groups in total. The first kappa shape index (κ1) is 8.76. The third-order valence-corrected chi connectivity index (χ3v) is 1.57. The van der Waals surface area contributed by atoms with E-state index in [1.54, 1.807) is 0 Å². The van der Waals surface area contributed by atoms with Crippen molar-refractivity contribution in [3.05, 3.63) is 21.1 Å². The lowest BCUT2D eigenvalue weighted by atomic mass is 10.6. The molecule has 62 valence electrons. The lowest BCUT2D eigenvalue weighted by molar-refractivity contribution is 0.394. The van der Waals surface area contributed by atoms with Crippen molar-refractivity contribution in [3.63, 3.8) is 0 Å². The highest BCUT2D eigenvalue weighted by molar-refractivity contribution is 9.10. The fourth-order valence-electron chi connectivity index (χ4n) is 0.574. The SMILES string of the molecule is COc1nc(N=[N+]=[N-])ncc1Br. The molecule has 0 aliphatic carbocycles. The van der Waals surface area contributed by atoms with Crippen molar-refractivity contribution < 1.29 is 4.74 Å². The first-order valence-corrected chi connectivity index (χ1v) is 3.69. The Balaban J connectivity index is 3.13. The molecule has 12 heavy (non-hydrogen) atoms. The lowest BCUT2D eigenvalue weighted by Crippen LogP contribution is -1.89. The van der Waals surface area contributed by atoms with Crippen LogP contribution in [0.1, 0.15) is 0 Å². The minimum Gasteiger partial charge on any atom is -0.480 e. The van der Waals surface area contributed by atoms with Crippen LogP contribution in [0.25, 0.3) is 10.4 Å². The summed E-state index contributed by atoms with van der Waals surface area (Å²) >= 11 is 3.16. The van der Waals surface area contributed by atoms with Crippen LogP contribution in [0.3, 0.4) is 0 Å². The van der Waals surface area contributed by atoms with Gasteiger partial charge >= 0.3 is 0 Å². The van der Waals surface area contributed by atoms with E-state index in [-0.39, 0.29) is 5.95 Å². The smallest absolute Gasteiger partial charge is 0.231 e. The monoisotopic (exact) mass is 229 g/mol. The zero-order valence-electron chi connectivity index (χ0n) is 6.10. The van der Waals surface area contributed by atoms with Gasteiger partial charge in [0, 0.05) is 11.1 Å². The third kappa shape index (κ3) is 1.84. The van der Waals surface area contributed by atoms with Crippen molar-refractivity contribution in [2.75, 3.05) is 7.11 Å². The maximum absolute atomic E-state index is 8.08. The molecule has 0 amide bonds. The molecule has 1 aromatic heterocycles. The second kappa shape index (κ2) is 3.89. The maximum Gasteiger partial charge on any atom is 0.231 e. The highest BCUT2D eigenvalue weighted by Crippen LogP contribution is 2.22. The largest absolute Gasteiger partial charge is 0.480 e. The summed E-state index contributed by atoms with van der Waals surface area (Å²) in [5.41, 5.74) is 8.08. The minimum absolute atomic E-state index is 0.0394. The molecule has 0 aliphatic rings. The van der Waals surface area contributed by atoms with E-state index in [0.717, 1.165) is 0 Å². The van der Waals surface area contributed by atoms with Gasteiger partial charge in [-0.15, -0.1) is 0 Å². The Kier molecular flexibility index (Phi) is 2.84. The molecule has 0 aliphatic heterocycles. The van der Waals surface area contributed by atoms with Gasteiger partial charge in [-0.1, -0.05) is 0 Å². The van der Waals surface area contributed by atoms with E-state index in [0.29, 0.717) is 10.4 Å². The van der Waals surface area contributed by atoms with Crippen LogP contribution in [0.2, 0.25) is 0 Å². The summed E-state index contributed by atoms with van der Waals surface area (Å²) in [5, 5.41) is 3.21. The van der Waals surface area contributed by atoms with E-state index < -0.39 is 0 Å². The molecule has 0 spiro atoms. The summed E-state index contributed by atoms with van der Waals surface area (Å²) in [4.78, 5) is 10.0. The molecule has 1 heterocycles. The van der Waals surface area contributed by atoms with E-state index in [2.05, 4.69) is 35.9 Å². The number of hydrogen-bond donors (Lipinski definition) is 0. The van der Waals surface area contributed by atoms with Crippen LogP contribution in [0.5, 0.6) is 5.88 Å². The zero-order chi connectivity index (χ0) is 8.97. The van der Waals surface area contributed by atoms with Crippen molar-refractivity contribution in [1.29, 1.82) is 0 Å². The lowest BCUT2D eigenvalue weighted by Gasteiger charge is -1.99. The number of azide groups is 1. The first-order chi connectivity index (χ1) is 5.77. The summed E-state index contributed by atoms with van der Waals surface area (Å²) in [5.74, 6) is 0.380. The van der Waals surface area contributed by atoms with E-state index in [9.17, 15) is 0 Å². The van der Waals surface area contributed by atoms with Crippen LogP contribution in [-0.4, -0.2) is 17.1 Å². The molecule has 0 aromatic carbocycles. The molecular weight excluding hydrogens is 226 g/mol. The van der Waals surface area contributed by atoms with Gasteiger partial charge in [0.25, 0.3) is 0 Å². The second-order valence-corrected chi connectivity index (χ2v) is 2.57. The van der Waals surface area contributed by atoms with Gasteiger partial charge in [-0.2, -0.15) is 4.98 Å². The van der Waals surface area contributed by atoms with Gasteiger partial charge < -0.3 is 4.74 Å². The summed E-state index contributed by atoms with van der Waals surface area (Å²) in [7, 11) is 1.47. The van der Waals surface area contributed by atoms with Gasteiger partial charge in [0.2, 0.25) is 11.8 Å². The second-order valence-electron chi connectivity index (χ2n) is 1.72. The molecule has 0 saturated heterocycles. The highest BCUT2D eigenvalue weighted by Gasteiger charge is 2.02. The highest BCUT2D eigenvalue weighted by atomic mass is 79.9. The van der Waals surface area contributed by atoms with Crippen LogP contribution in [-0.2, 0) is 0 Å². The maximum atomic E-state index is 8.08. The van der Waals surface area contributed by atoms with Crippen molar-refractivity contribution >= 4 is 21.9 Å². The standard InChI is InChI=1S/C5H4BrN5O/c1-12-4-3(6)2-8-5(9-4)10-11-7/h2H,1H3. The van der Waals surface area contributed by atoms with Gasteiger partial charge in [-0.25, -0.2) is 4.98 Å². The first-order valence-electron chi connectivity index (χ1n) is 2.89. The van der Waals surface area contributed by atoms with E-state index in [1.165, 1.54) is 13.3 Å². The normalized spacial score (nSPS) is 8.83. The molecule has 0 bridgehead atoms. The van der Waals surface area contributed by atoms with Gasteiger partial charge in [0.1, 0.15) is 0 Å². The van der Waals surface area contributed by atoms with Crippen molar-refractivity contribution in [1.82, 2.24) is 9.97 Å². The van der Waals surface area contributed by atoms with Gasteiger partial charge in [0.05, 0.1) is 11.6 Å². The molecule has 0 fully saturated rings. The Bertz CT molecular complexity index is 335. The molecule has 1 rings (SSSR count). The predicted molar refractivity (Wildman–Crippen MR) is 45.1 cm³/mol. The van der Waals surface area contributed by atoms with Crippen LogP contribution in [0.15, 0.2) is 15.8 Å². The number of halogens is 1. The number of ether oxygens (including phenoxy) is 1. The molecule has 0 saturated carbocycles. The fraction of sp³-hybridized carbons (Fsp3) is 0.200. The average Bonchev–Trinajstić information content (AvgIpc) is 2.09. The molecule has 7 heteroatoms. The Morgan fingerprint density at radius 3 is 3.08 bits per heavy atom.